The van der Waals surface area contributed by atoms with E-state index in [4.69, 9.17) is 9.47 Å². The third-order valence-electron chi connectivity index (χ3n) is 3.89. The first kappa shape index (κ1) is 29.1. The van der Waals surface area contributed by atoms with E-state index in [1.807, 2.05) is 13.8 Å². The zero-order valence-electron chi connectivity index (χ0n) is 15.8. The molecule has 0 radical (unpaired) electrons. The van der Waals surface area contributed by atoms with E-state index >= 15 is 0 Å². The summed E-state index contributed by atoms with van der Waals surface area (Å²) in [4.78, 5) is 0.197. The van der Waals surface area contributed by atoms with Gasteiger partial charge in [0.1, 0.15) is 0 Å². The molecule has 0 aromatic heterocycles. The van der Waals surface area contributed by atoms with Crippen LogP contribution in [-0.4, -0.2) is 15.3 Å². The second-order valence-electron chi connectivity index (χ2n) is 6.12. The summed E-state index contributed by atoms with van der Waals surface area (Å²) in [6.45, 7) is 3.87. The van der Waals surface area contributed by atoms with Crippen LogP contribution in [0, 0.1) is 0 Å². The number of sulfone groups is 1. The molecule has 0 spiro atoms. The van der Waals surface area contributed by atoms with Crippen LogP contribution in [-0.2, 0) is 9.84 Å². The Morgan fingerprint density at radius 2 is 0.935 bits per heavy atom. The van der Waals surface area contributed by atoms with Gasteiger partial charge in [-0.1, -0.05) is 13.8 Å². The van der Waals surface area contributed by atoms with Crippen molar-refractivity contribution < 1.29 is 17.9 Å². The van der Waals surface area contributed by atoms with Crippen LogP contribution in [0.2, 0.25) is 0 Å². The Morgan fingerprint density at radius 1 is 0.677 bits per heavy atom. The van der Waals surface area contributed by atoms with Crippen molar-refractivity contribution in [3.63, 3.8) is 0 Å². The Morgan fingerprint density at radius 3 is 1.16 bits per heavy atom. The molecule has 0 N–H and O–H groups in total. The molecule has 2 rings (SSSR count). The minimum Gasteiger partial charge on any atom is -0.464 e. The van der Waals surface area contributed by atoms with Gasteiger partial charge in [-0.3, -0.25) is 0 Å². The Bertz CT molecular complexity index is 960. The molecule has 4 nitrogen and oxygen atoms in total. The van der Waals surface area contributed by atoms with E-state index in [0.29, 0.717) is 42.2 Å². The number of hydrogen-bond donors (Lipinski definition) is 0. The summed E-state index contributed by atoms with van der Waals surface area (Å²) in [5.74, 6) is 0.928. The number of ether oxygens (including phenoxy) is 2. The molecule has 172 valence electrons. The van der Waals surface area contributed by atoms with Crippen LogP contribution in [0.15, 0.2) is 51.9 Å². The van der Waals surface area contributed by atoms with Gasteiger partial charge in [0.25, 0.3) is 0 Å². The van der Waals surface area contributed by atoms with E-state index in [9.17, 15) is 8.42 Å². The maximum Gasteiger partial charge on any atom is 0.217 e. The average molecular weight is 966 g/mol. The highest BCUT2D eigenvalue weighted by Crippen LogP contribution is 2.45. The van der Waals surface area contributed by atoms with Crippen LogP contribution in [0.5, 0.6) is 11.5 Å². The molecule has 0 aliphatic carbocycles. The molecular formula is C18H14Br8O4S. The summed E-state index contributed by atoms with van der Waals surface area (Å²) < 4.78 is 38.9. The van der Waals surface area contributed by atoms with Gasteiger partial charge in [0.15, 0.2) is 11.5 Å². The SMILES string of the molecule is CCC(Br)(Br)Oc1c(Br)cc(S(=O)(=O)c2cc(Br)c(OC(Br)(Br)CC)c(Br)c2)cc1Br. The van der Waals surface area contributed by atoms with Crippen LogP contribution in [0.25, 0.3) is 0 Å². The topological polar surface area (TPSA) is 52.6 Å². The largest absolute Gasteiger partial charge is 0.464 e. The molecule has 0 amide bonds. The van der Waals surface area contributed by atoms with Gasteiger partial charge in [-0.15, -0.1) is 0 Å². The smallest absolute Gasteiger partial charge is 0.217 e. The first-order valence-electron chi connectivity index (χ1n) is 8.50. The normalized spacial score (nSPS) is 12.7. The Hall–Kier alpha value is 1.83. The summed E-state index contributed by atoms with van der Waals surface area (Å²) in [5.41, 5.74) is 0. The van der Waals surface area contributed by atoms with Gasteiger partial charge in [-0.05, 0) is 152 Å². The van der Waals surface area contributed by atoms with Crippen molar-refractivity contribution in [1.29, 1.82) is 0 Å². The third kappa shape index (κ3) is 7.41. The first-order valence-corrected chi connectivity index (χ1v) is 16.3. The molecule has 2 aromatic carbocycles. The second-order valence-corrected chi connectivity index (χ2v) is 18.7. The van der Waals surface area contributed by atoms with E-state index in [1.54, 1.807) is 0 Å². The zero-order chi connectivity index (χ0) is 23.8. The van der Waals surface area contributed by atoms with Crippen LogP contribution < -0.4 is 9.47 Å². The van der Waals surface area contributed by atoms with Crippen LogP contribution >= 0.6 is 127 Å². The lowest BCUT2D eigenvalue weighted by Crippen LogP contribution is -2.19. The van der Waals surface area contributed by atoms with Gasteiger partial charge in [-0.2, -0.15) is 0 Å². The second kappa shape index (κ2) is 11.3. The van der Waals surface area contributed by atoms with Crippen LogP contribution in [0.4, 0.5) is 0 Å². The molecule has 0 saturated carbocycles. The van der Waals surface area contributed by atoms with Crippen molar-refractivity contribution in [2.75, 3.05) is 0 Å². The van der Waals surface area contributed by atoms with Gasteiger partial charge >= 0.3 is 0 Å². The molecule has 2 aromatic rings. The van der Waals surface area contributed by atoms with Crippen LogP contribution in [0.1, 0.15) is 26.7 Å². The predicted molar refractivity (Wildman–Crippen MR) is 152 cm³/mol. The van der Waals surface area contributed by atoms with E-state index in [2.05, 4.69) is 127 Å². The van der Waals surface area contributed by atoms with E-state index < -0.39 is 16.7 Å². The van der Waals surface area contributed by atoms with Crippen molar-refractivity contribution in [1.82, 2.24) is 0 Å². The summed E-state index contributed by atoms with van der Waals surface area (Å²) >= 11 is 27.4. The fraction of sp³-hybridized carbons (Fsp3) is 0.333. The quantitative estimate of drug-likeness (QED) is 0.248. The average Bonchev–Trinajstić information content (AvgIpc) is 2.67. The fourth-order valence-electron chi connectivity index (χ4n) is 2.16. The molecule has 0 saturated heterocycles. The minimum atomic E-state index is -3.84. The molecule has 0 unspecified atom stereocenters. The molecular weight excluding hydrogens is 951 g/mol. The lowest BCUT2D eigenvalue weighted by Gasteiger charge is -2.23. The van der Waals surface area contributed by atoms with Gasteiger partial charge < -0.3 is 9.47 Å². The van der Waals surface area contributed by atoms with Crippen LogP contribution in [0.3, 0.4) is 0 Å². The van der Waals surface area contributed by atoms with Crippen molar-refractivity contribution in [3.05, 3.63) is 42.2 Å². The van der Waals surface area contributed by atoms with E-state index in [0.717, 1.165) is 0 Å². The molecule has 0 aliphatic heterocycles. The summed E-state index contributed by atoms with van der Waals surface area (Å²) in [5, 5.41) is 0. The number of benzene rings is 2. The zero-order valence-corrected chi connectivity index (χ0v) is 29.3. The van der Waals surface area contributed by atoms with Crippen molar-refractivity contribution in [2.24, 2.45) is 0 Å². The number of hydrogen-bond acceptors (Lipinski definition) is 4. The molecule has 0 fully saturated rings. The maximum absolute atomic E-state index is 13.3. The van der Waals surface area contributed by atoms with Gasteiger partial charge in [0.2, 0.25) is 16.7 Å². The number of rotatable bonds is 8. The number of halogens is 8. The minimum absolute atomic E-state index is 0.0983. The lowest BCUT2D eigenvalue weighted by atomic mass is 10.3. The van der Waals surface area contributed by atoms with Crippen molar-refractivity contribution >= 4 is 137 Å². The Labute approximate surface area is 248 Å². The van der Waals surface area contributed by atoms with E-state index in [-0.39, 0.29) is 9.79 Å². The number of alkyl halides is 4. The van der Waals surface area contributed by atoms with Gasteiger partial charge in [-0.25, -0.2) is 8.42 Å². The molecule has 13 heteroatoms. The van der Waals surface area contributed by atoms with Gasteiger partial charge in [0, 0.05) is 12.8 Å². The molecule has 0 atom stereocenters. The molecule has 0 aliphatic rings. The highest BCUT2D eigenvalue weighted by molar-refractivity contribution is 9.25. The fourth-order valence-corrected chi connectivity index (χ4v) is 7.47. The summed E-state index contributed by atoms with van der Waals surface area (Å²) in [6, 6.07) is 6.03. The summed E-state index contributed by atoms with van der Waals surface area (Å²) in [6.07, 6.45) is 1.26. The molecule has 0 heterocycles. The molecule has 0 bridgehead atoms. The highest BCUT2D eigenvalue weighted by atomic mass is 79.9. The third-order valence-corrected chi connectivity index (χ3v) is 10.8. The van der Waals surface area contributed by atoms with Crippen molar-refractivity contribution in [2.45, 2.75) is 43.3 Å². The van der Waals surface area contributed by atoms with E-state index in [1.165, 1.54) is 24.3 Å². The standard InChI is InChI=1S/C18H14Br8O4S/c1-3-17(23,24)29-15-11(19)5-9(6-12(15)20)31(27,28)10-7-13(21)16(14(22)8-10)30-18(25,26)4-2/h5-8H,3-4H2,1-2H3. The van der Waals surface area contributed by atoms with Gasteiger partial charge in [0.05, 0.1) is 27.7 Å². The summed E-state index contributed by atoms with van der Waals surface area (Å²) in [7, 11) is -3.84. The highest BCUT2D eigenvalue weighted by Gasteiger charge is 2.29. The predicted octanol–water partition coefficient (Wildman–Crippen LogP) is 10.0. The Balaban J connectivity index is 2.51. The van der Waals surface area contributed by atoms with Crippen molar-refractivity contribution in [3.8, 4) is 11.5 Å². The Kier molecular flexibility index (Phi) is 10.6. The monoisotopic (exact) mass is 957 g/mol. The molecule has 31 heavy (non-hydrogen) atoms. The lowest BCUT2D eigenvalue weighted by molar-refractivity contribution is 0.262. The first-order chi connectivity index (χ1) is 14.1. The maximum atomic E-state index is 13.3.